The molecule has 3 rings (SSSR count). The van der Waals surface area contributed by atoms with Gasteiger partial charge in [0.1, 0.15) is 23.1 Å². The first-order valence-corrected chi connectivity index (χ1v) is 8.63. The summed E-state index contributed by atoms with van der Waals surface area (Å²) < 4.78 is 32.5. The molecule has 1 heterocycles. The highest BCUT2D eigenvalue weighted by atomic mass is 19.1. The highest BCUT2D eigenvalue weighted by Gasteiger charge is 2.34. The fourth-order valence-electron chi connectivity index (χ4n) is 3.10. The normalized spacial score (nSPS) is 16.5. The van der Waals surface area contributed by atoms with Crippen LogP contribution in [0.15, 0.2) is 42.5 Å². The monoisotopic (exact) mass is 374 g/mol. The maximum Gasteiger partial charge on any atom is 0.229 e. The second-order valence-corrected chi connectivity index (χ2v) is 6.43. The van der Waals surface area contributed by atoms with Crippen LogP contribution in [0.3, 0.4) is 0 Å². The first kappa shape index (κ1) is 18.8. The van der Waals surface area contributed by atoms with Crippen molar-refractivity contribution in [1.82, 2.24) is 4.90 Å². The average molecular weight is 374 g/mol. The molecule has 7 heteroatoms. The van der Waals surface area contributed by atoms with E-state index in [1.54, 1.807) is 12.0 Å². The number of rotatable bonds is 6. The largest absolute Gasteiger partial charge is 0.497 e. The Morgan fingerprint density at radius 2 is 1.93 bits per heavy atom. The van der Waals surface area contributed by atoms with Crippen LogP contribution >= 0.6 is 0 Å². The first-order valence-electron chi connectivity index (χ1n) is 8.63. The van der Waals surface area contributed by atoms with Crippen LogP contribution in [0, 0.1) is 17.6 Å². The van der Waals surface area contributed by atoms with Gasteiger partial charge in [0.2, 0.25) is 11.8 Å². The van der Waals surface area contributed by atoms with Gasteiger partial charge in [-0.3, -0.25) is 9.59 Å². The maximum atomic E-state index is 13.7. The molecule has 2 aromatic rings. The van der Waals surface area contributed by atoms with Crippen LogP contribution in [0.25, 0.3) is 0 Å². The zero-order valence-corrected chi connectivity index (χ0v) is 14.9. The molecule has 1 aliphatic rings. The highest BCUT2D eigenvalue weighted by Crippen LogP contribution is 2.23. The van der Waals surface area contributed by atoms with Crippen molar-refractivity contribution in [3.8, 4) is 5.75 Å². The summed E-state index contributed by atoms with van der Waals surface area (Å²) in [7, 11) is 1.59. The van der Waals surface area contributed by atoms with Crippen LogP contribution in [0.1, 0.15) is 12.0 Å². The Morgan fingerprint density at radius 1 is 1.22 bits per heavy atom. The first-order chi connectivity index (χ1) is 13.0. The van der Waals surface area contributed by atoms with Crippen LogP contribution < -0.4 is 10.1 Å². The minimum atomic E-state index is -0.845. The van der Waals surface area contributed by atoms with Gasteiger partial charge >= 0.3 is 0 Å². The predicted octanol–water partition coefficient (Wildman–Crippen LogP) is 3.00. The number of likely N-dealkylation sites (tertiary alicyclic amines) is 1. The summed E-state index contributed by atoms with van der Waals surface area (Å²) in [6, 6.07) is 10.9. The summed E-state index contributed by atoms with van der Waals surface area (Å²) in [6.45, 7) is 0.689. The van der Waals surface area contributed by atoms with Crippen molar-refractivity contribution in [1.29, 1.82) is 0 Å². The van der Waals surface area contributed by atoms with Gasteiger partial charge < -0.3 is 15.0 Å². The molecule has 0 saturated carbocycles. The lowest BCUT2D eigenvalue weighted by atomic mass is 10.1. The Labute approximate surface area is 155 Å². The Hall–Kier alpha value is -2.96. The van der Waals surface area contributed by atoms with Gasteiger partial charge in [-0.05, 0) is 36.2 Å². The number of nitrogens with one attached hydrogen (secondary N) is 1. The Balaban J connectivity index is 1.58. The predicted molar refractivity (Wildman–Crippen MR) is 96.4 cm³/mol. The van der Waals surface area contributed by atoms with Crippen LogP contribution in [0.4, 0.5) is 14.5 Å². The van der Waals surface area contributed by atoms with E-state index in [0.29, 0.717) is 13.0 Å². The molecule has 27 heavy (non-hydrogen) atoms. The van der Waals surface area contributed by atoms with Crippen LogP contribution in [-0.4, -0.2) is 36.9 Å². The van der Waals surface area contributed by atoms with Gasteiger partial charge in [-0.25, -0.2) is 8.78 Å². The number of amides is 2. The SMILES string of the molecule is COc1cccc(CCN2CC(C(=O)Nc3c(F)cccc3F)CC2=O)c1. The third-order valence-corrected chi connectivity index (χ3v) is 4.60. The molecule has 0 radical (unpaired) electrons. The lowest BCUT2D eigenvalue weighted by Crippen LogP contribution is -2.30. The number of anilines is 1. The molecule has 0 spiro atoms. The second-order valence-electron chi connectivity index (χ2n) is 6.43. The van der Waals surface area contributed by atoms with Gasteiger partial charge in [-0.1, -0.05) is 18.2 Å². The zero-order valence-electron chi connectivity index (χ0n) is 14.9. The van der Waals surface area contributed by atoms with Gasteiger partial charge in [-0.15, -0.1) is 0 Å². The van der Waals surface area contributed by atoms with Crippen molar-refractivity contribution < 1.29 is 23.1 Å². The molecular formula is C20H20F2N2O3. The minimum absolute atomic E-state index is 0.0278. The van der Waals surface area contributed by atoms with Crippen molar-refractivity contribution >= 4 is 17.5 Å². The molecule has 0 bridgehead atoms. The van der Waals surface area contributed by atoms with Gasteiger partial charge in [0.05, 0.1) is 13.0 Å². The number of carbonyl (C=O) groups excluding carboxylic acids is 2. The number of ether oxygens (including phenoxy) is 1. The molecule has 1 aliphatic heterocycles. The molecule has 2 aromatic carbocycles. The van der Waals surface area contributed by atoms with Crippen molar-refractivity contribution in [2.75, 3.05) is 25.5 Å². The van der Waals surface area contributed by atoms with Crippen LogP contribution in [0.5, 0.6) is 5.75 Å². The summed E-state index contributed by atoms with van der Waals surface area (Å²) in [5, 5.41) is 2.27. The van der Waals surface area contributed by atoms with Crippen molar-refractivity contribution in [3.05, 3.63) is 59.7 Å². The maximum absolute atomic E-state index is 13.7. The number of carbonyl (C=O) groups is 2. The quantitative estimate of drug-likeness (QED) is 0.846. The molecular weight excluding hydrogens is 354 g/mol. The molecule has 1 unspecified atom stereocenters. The summed E-state index contributed by atoms with van der Waals surface area (Å²) in [6.07, 6.45) is 0.652. The smallest absolute Gasteiger partial charge is 0.229 e. The Kier molecular flexibility index (Phi) is 5.69. The van der Waals surface area contributed by atoms with E-state index in [2.05, 4.69) is 5.32 Å². The molecule has 142 valence electrons. The third-order valence-electron chi connectivity index (χ3n) is 4.60. The van der Waals surface area contributed by atoms with E-state index in [1.165, 1.54) is 6.07 Å². The topological polar surface area (TPSA) is 58.6 Å². The van der Waals surface area contributed by atoms with E-state index in [9.17, 15) is 18.4 Å². The standard InChI is InChI=1S/C20H20F2N2O3/c1-27-15-5-2-4-13(10-15)8-9-24-12-14(11-18(24)25)20(26)23-19-16(21)6-3-7-17(19)22/h2-7,10,14H,8-9,11-12H2,1H3,(H,23,26). The lowest BCUT2D eigenvalue weighted by Gasteiger charge is -2.17. The number of hydrogen-bond donors (Lipinski definition) is 1. The lowest BCUT2D eigenvalue weighted by molar-refractivity contribution is -0.128. The summed E-state index contributed by atoms with van der Waals surface area (Å²) in [5.74, 6) is -2.29. The molecule has 5 nitrogen and oxygen atoms in total. The van der Waals surface area contributed by atoms with Gasteiger partial charge in [0, 0.05) is 19.5 Å². The molecule has 1 N–H and O–H groups in total. The molecule has 1 fully saturated rings. The molecule has 0 aromatic heterocycles. The van der Waals surface area contributed by atoms with E-state index < -0.39 is 29.1 Å². The summed E-state index contributed by atoms with van der Waals surface area (Å²) in [4.78, 5) is 26.1. The van der Waals surface area contributed by atoms with E-state index in [0.717, 1.165) is 23.4 Å². The fourth-order valence-corrected chi connectivity index (χ4v) is 3.10. The summed E-state index contributed by atoms with van der Waals surface area (Å²) >= 11 is 0. The van der Waals surface area contributed by atoms with Crippen LogP contribution in [0.2, 0.25) is 0 Å². The molecule has 0 aliphatic carbocycles. The molecule has 1 saturated heterocycles. The number of benzene rings is 2. The zero-order chi connectivity index (χ0) is 19.4. The number of methoxy groups -OCH3 is 1. The number of hydrogen-bond acceptors (Lipinski definition) is 3. The fraction of sp³-hybridized carbons (Fsp3) is 0.300. The highest BCUT2D eigenvalue weighted by molar-refractivity contribution is 5.97. The number of nitrogens with zero attached hydrogens (tertiary/aromatic N) is 1. The van der Waals surface area contributed by atoms with Crippen molar-refractivity contribution in [3.63, 3.8) is 0 Å². The van der Waals surface area contributed by atoms with Crippen LogP contribution in [-0.2, 0) is 16.0 Å². The van der Waals surface area contributed by atoms with E-state index >= 15 is 0 Å². The average Bonchev–Trinajstić information content (AvgIpc) is 3.04. The second kappa shape index (κ2) is 8.16. The van der Waals surface area contributed by atoms with Crippen molar-refractivity contribution in [2.45, 2.75) is 12.8 Å². The van der Waals surface area contributed by atoms with Gasteiger partial charge in [0.15, 0.2) is 0 Å². The van der Waals surface area contributed by atoms with E-state index in [1.807, 2.05) is 24.3 Å². The van der Waals surface area contributed by atoms with Gasteiger partial charge in [-0.2, -0.15) is 0 Å². The Bertz CT molecular complexity index is 837. The number of halogens is 2. The van der Waals surface area contributed by atoms with Gasteiger partial charge in [0.25, 0.3) is 0 Å². The van der Waals surface area contributed by atoms with Crippen molar-refractivity contribution in [2.24, 2.45) is 5.92 Å². The summed E-state index contributed by atoms with van der Waals surface area (Å²) in [5.41, 5.74) is 0.535. The molecule has 1 atom stereocenters. The number of para-hydroxylation sites is 1. The van der Waals surface area contributed by atoms with E-state index in [4.69, 9.17) is 4.74 Å². The molecule has 2 amide bonds. The third kappa shape index (κ3) is 4.42. The minimum Gasteiger partial charge on any atom is -0.497 e. The van der Waals surface area contributed by atoms with E-state index in [-0.39, 0.29) is 18.9 Å². The Morgan fingerprint density at radius 3 is 2.63 bits per heavy atom.